The Morgan fingerprint density at radius 1 is 1.38 bits per heavy atom. The fourth-order valence-corrected chi connectivity index (χ4v) is 2.64. The molecule has 1 aliphatic carbocycles. The zero-order valence-electron chi connectivity index (χ0n) is 8.64. The van der Waals surface area contributed by atoms with Crippen LogP contribution < -0.4 is 5.32 Å². The molecule has 2 amide bonds. The highest BCUT2D eigenvalue weighted by Gasteiger charge is 2.58. The normalized spacial score (nSPS) is 27.2. The summed E-state index contributed by atoms with van der Waals surface area (Å²) in [5, 5.41) is 12.0. The van der Waals surface area contributed by atoms with Gasteiger partial charge in [0.15, 0.2) is 0 Å². The monoisotopic (exact) mass is 238 g/mol. The van der Waals surface area contributed by atoms with Gasteiger partial charge in [-0.2, -0.15) is 0 Å². The van der Waals surface area contributed by atoms with Gasteiger partial charge in [0.1, 0.15) is 5.01 Å². The van der Waals surface area contributed by atoms with Gasteiger partial charge in [-0.1, -0.05) is 11.3 Å². The number of nitrogens with one attached hydrogen (secondary N) is 1. The second-order valence-electron chi connectivity index (χ2n) is 3.96. The third-order valence-electron chi connectivity index (χ3n) is 2.93. The summed E-state index contributed by atoms with van der Waals surface area (Å²) in [5.41, 5.74) is 0. The Labute approximate surface area is 95.7 Å². The summed E-state index contributed by atoms with van der Waals surface area (Å²) in [6.07, 6.45) is 0.742. The van der Waals surface area contributed by atoms with Crippen molar-refractivity contribution >= 4 is 28.3 Å². The minimum atomic E-state index is -0.0452. The van der Waals surface area contributed by atoms with E-state index in [0.717, 1.165) is 6.42 Å². The highest BCUT2D eigenvalue weighted by molar-refractivity contribution is 7.15. The van der Waals surface area contributed by atoms with Crippen LogP contribution in [0.15, 0.2) is 0 Å². The fourth-order valence-electron chi connectivity index (χ4n) is 1.96. The predicted octanol–water partition coefficient (Wildman–Crippen LogP) is 0.0847. The molecule has 2 heterocycles. The number of carbonyl (C=O) groups is 2. The molecule has 3 rings (SSSR count). The topological polar surface area (TPSA) is 75.2 Å². The first-order valence-electron chi connectivity index (χ1n) is 5.06. The van der Waals surface area contributed by atoms with Crippen molar-refractivity contribution < 1.29 is 9.59 Å². The summed E-state index contributed by atoms with van der Waals surface area (Å²) in [6.45, 7) is 0.268. The molecular formula is C9H10N4O2S. The number of anilines is 1. The van der Waals surface area contributed by atoms with Crippen LogP contribution in [0.4, 0.5) is 5.13 Å². The Kier molecular flexibility index (Phi) is 1.97. The molecule has 1 saturated carbocycles. The molecule has 2 fully saturated rings. The Balaban J connectivity index is 1.75. The lowest BCUT2D eigenvalue weighted by molar-refractivity contribution is -0.142. The molecule has 1 aromatic rings. The van der Waals surface area contributed by atoms with Gasteiger partial charge in [0, 0.05) is 7.05 Å². The molecule has 2 aliphatic rings. The molecule has 0 spiro atoms. The molecule has 1 aromatic heterocycles. The molecule has 0 bridgehead atoms. The number of nitrogens with zero attached hydrogens (tertiary/aromatic N) is 3. The van der Waals surface area contributed by atoms with E-state index in [1.54, 1.807) is 7.05 Å². The highest BCUT2D eigenvalue weighted by Crippen LogP contribution is 2.47. The van der Waals surface area contributed by atoms with E-state index in [9.17, 15) is 9.59 Å². The van der Waals surface area contributed by atoms with E-state index in [1.807, 2.05) is 0 Å². The van der Waals surface area contributed by atoms with Gasteiger partial charge < -0.3 is 5.32 Å². The lowest BCUT2D eigenvalue weighted by Gasteiger charge is -2.13. The SMILES string of the molecule is CNc1nnc(CN2C(=O)C3CC3C2=O)s1. The first-order valence-corrected chi connectivity index (χ1v) is 5.87. The van der Waals surface area contributed by atoms with Crippen LogP contribution in [0.25, 0.3) is 0 Å². The summed E-state index contributed by atoms with van der Waals surface area (Å²) in [6, 6.07) is 0. The molecule has 1 saturated heterocycles. The van der Waals surface area contributed by atoms with Gasteiger partial charge in [-0.15, -0.1) is 10.2 Å². The molecule has 1 N–H and O–H groups in total. The Bertz CT molecular complexity index is 452. The summed E-state index contributed by atoms with van der Waals surface area (Å²) in [5.74, 6) is -0.166. The third kappa shape index (κ3) is 1.31. The maximum Gasteiger partial charge on any atom is 0.233 e. The van der Waals surface area contributed by atoms with E-state index in [-0.39, 0.29) is 30.2 Å². The smallest absolute Gasteiger partial charge is 0.233 e. The van der Waals surface area contributed by atoms with Crippen LogP contribution in [0.5, 0.6) is 0 Å². The number of rotatable bonds is 3. The number of imide groups is 1. The van der Waals surface area contributed by atoms with Gasteiger partial charge in [0.05, 0.1) is 18.4 Å². The molecule has 2 atom stereocenters. The van der Waals surface area contributed by atoms with Crippen molar-refractivity contribution in [1.82, 2.24) is 15.1 Å². The zero-order valence-corrected chi connectivity index (χ0v) is 9.45. The molecule has 7 heteroatoms. The van der Waals surface area contributed by atoms with Crippen molar-refractivity contribution in [1.29, 1.82) is 0 Å². The van der Waals surface area contributed by atoms with Crippen molar-refractivity contribution in [2.45, 2.75) is 13.0 Å². The number of likely N-dealkylation sites (tertiary alicyclic amines) is 1. The Hall–Kier alpha value is -1.50. The number of hydrogen-bond acceptors (Lipinski definition) is 6. The molecule has 0 aromatic carbocycles. The van der Waals surface area contributed by atoms with Gasteiger partial charge >= 0.3 is 0 Å². The summed E-state index contributed by atoms with van der Waals surface area (Å²) >= 11 is 1.36. The lowest BCUT2D eigenvalue weighted by Crippen LogP contribution is -2.32. The number of aromatic nitrogens is 2. The average molecular weight is 238 g/mol. The van der Waals surface area contributed by atoms with Crippen molar-refractivity contribution in [2.75, 3.05) is 12.4 Å². The van der Waals surface area contributed by atoms with E-state index in [0.29, 0.717) is 10.1 Å². The molecule has 2 unspecified atom stereocenters. The number of amides is 2. The van der Waals surface area contributed by atoms with Gasteiger partial charge in [-0.25, -0.2) is 0 Å². The molecule has 0 radical (unpaired) electrons. The van der Waals surface area contributed by atoms with Gasteiger partial charge in [-0.05, 0) is 6.42 Å². The number of hydrogen-bond donors (Lipinski definition) is 1. The van der Waals surface area contributed by atoms with Crippen molar-refractivity contribution in [3.8, 4) is 0 Å². The molecular weight excluding hydrogens is 228 g/mol. The maximum absolute atomic E-state index is 11.7. The molecule has 16 heavy (non-hydrogen) atoms. The quantitative estimate of drug-likeness (QED) is 0.755. The van der Waals surface area contributed by atoms with Crippen LogP contribution in [0.3, 0.4) is 0 Å². The van der Waals surface area contributed by atoms with Gasteiger partial charge in [0.2, 0.25) is 16.9 Å². The van der Waals surface area contributed by atoms with Crippen LogP contribution >= 0.6 is 11.3 Å². The Morgan fingerprint density at radius 2 is 2.06 bits per heavy atom. The van der Waals surface area contributed by atoms with Crippen LogP contribution in [-0.4, -0.2) is 34.0 Å². The van der Waals surface area contributed by atoms with E-state index in [2.05, 4.69) is 15.5 Å². The molecule has 84 valence electrons. The molecule has 1 aliphatic heterocycles. The summed E-state index contributed by atoms with van der Waals surface area (Å²) in [4.78, 5) is 24.7. The van der Waals surface area contributed by atoms with Crippen LogP contribution in [0, 0.1) is 11.8 Å². The minimum Gasteiger partial charge on any atom is -0.363 e. The van der Waals surface area contributed by atoms with E-state index >= 15 is 0 Å². The van der Waals surface area contributed by atoms with Crippen molar-refractivity contribution in [3.05, 3.63) is 5.01 Å². The number of piperidine rings is 1. The van der Waals surface area contributed by atoms with Crippen LogP contribution in [-0.2, 0) is 16.1 Å². The lowest BCUT2D eigenvalue weighted by atomic mass is 10.4. The number of carbonyl (C=O) groups excluding carboxylic acids is 2. The van der Waals surface area contributed by atoms with Crippen LogP contribution in [0.2, 0.25) is 0 Å². The summed E-state index contributed by atoms with van der Waals surface area (Å²) in [7, 11) is 1.76. The second-order valence-corrected chi connectivity index (χ2v) is 5.02. The third-order valence-corrected chi connectivity index (χ3v) is 3.86. The zero-order chi connectivity index (χ0) is 11.3. The minimum absolute atomic E-state index is 0.0378. The first-order chi connectivity index (χ1) is 7.70. The largest absolute Gasteiger partial charge is 0.363 e. The standard InChI is InChI=1S/C9H10N4O2S/c1-10-9-12-11-6(16-9)3-13-7(14)4-2-5(4)8(13)15/h4-5H,2-3H2,1H3,(H,10,12). The fraction of sp³-hybridized carbons (Fsp3) is 0.556. The second kappa shape index (κ2) is 3.24. The van der Waals surface area contributed by atoms with Crippen LogP contribution in [0.1, 0.15) is 11.4 Å². The van der Waals surface area contributed by atoms with E-state index in [1.165, 1.54) is 16.2 Å². The first kappa shape index (κ1) is 9.71. The highest BCUT2D eigenvalue weighted by atomic mass is 32.1. The molecule has 6 nitrogen and oxygen atoms in total. The van der Waals surface area contributed by atoms with Gasteiger partial charge in [-0.3, -0.25) is 14.5 Å². The predicted molar refractivity (Wildman–Crippen MR) is 56.6 cm³/mol. The van der Waals surface area contributed by atoms with Crippen molar-refractivity contribution in [3.63, 3.8) is 0 Å². The number of fused-ring (bicyclic) bond motifs is 1. The van der Waals surface area contributed by atoms with Crippen molar-refractivity contribution in [2.24, 2.45) is 11.8 Å². The average Bonchev–Trinajstić information content (AvgIpc) is 2.90. The van der Waals surface area contributed by atoms with E-state index in [4.69, 9.17) is 0 Å². The van der Waals surface area contributed by atoms with Gasteiger partial charge in [0.25, 0.3) is 0 Å². The maximum atomic E-state index is 11.7. The Morgan fingerprint density at radius 3 is 2.62 bits per heavy atom. The van der Waals surface area contributed by atoms with E-state index < -0.39 is 0 Å². The summed E-state index contributed by atoms with van der Waals surface area (Å²) < 4.78 is 0.